The van der Waals surface area contributed by atoms with Crippen LogP contribution in [-0.4, -0.2) is 37.2 Å². The average Bonchev–Trinajstić information content (AvgIpc) is 3.46. The van der Waals surface area contributed by atoms with E-state index < -0.39 is 6.10 Å². The fourth-order valence-electron chi connectivity index (χ4n) is 8.88. The van der Waals surface area contributed by atoms with Crippen molar-refractivity contribution in [2.45, 2.75) is 303 Å². The first kappa shape index (κ1) is 75.5. The Kier molecular flexibility index (Phi) is 63.3. The van der Waals surface area contributed by atoms with Crippen molar-refractivity contribution >= 4 is 17.9 Å². The largest absolute Gasteiger partial charge is 0.462 e. The van der Waals surface area contributed by atoms with Crippen LogP contribution in [0, 0.1) is 0 Å². The van der Waals surface area contributed by atoms with Gasteiger partial charge in [-0.1, -0.05) is 276 Å². The maximum atomic E-state index is 12.9. The maximum Gasteiger partial charge on any atom is 0.306 e. The lowest BCUT2D eigenvalue weighted by Crippen LogP contribution is -2.30. The molecule has 0 spiro atoms. The van der Waals surface area contributed by atoms with Gasteiger partial charge in [0.15, 0.2) is 6.10 Å². The number of hydrogen-bond donors (Lipinski definition) is 0. The molecule has 6 nitrogen and oxygen atoms in total. The second-order valence-electron chi connectivity index (χ2n) is 21.6. The highest BCUT2D eigenvalue weighted by molar-refractivity contribution is 5.71. The Morgan fingerprint density at radius 2 is 0.500 bits per heavy atom. The van der Waals surface area contributed by atoms with Gasteiger partial charge in [0.1, 0.15) is 13.2 Å². The number of unbranched alkanes of at least 4 members (excludes halogenated alkanes) is 26. The van der Waals surface area contributed by atoms with E-state index in [0.717, 1.165) is 128 Å². The Morgan fingerprint density at radius 1 is 0.263 bits per heavy atom. The van der Waals surface area contributed by atoms with Gasteiger partial charge in [-0.2, -0.15) is 0 Å². The molecule has 6 heteroatoms. The molecule has 0 aliphatic rings. The van der Waals surface area contributed by atoms with Crippen molar-refractivity contribution in [2.75, 3.05) is 13.2 Å². The van der Waals surface area contributed by atoms with E-state index in [9.17, 15) is 14.4 Å². The van der Waals surface area contributed by atoms with E-state index in [1.54, 1.807) is 0 Å². The fourth-order valence-corrected chi connectivity index (χ4v) is 8.88. The second kappa shape index (κ2) is 67.1. The third kappa shape index (κ3) is 64.4. The van der Waals surface area contributed by atoms with Gasteiger partial charge >= 0.3 is 17.9 Å². The normalized spacial score (nSPS) is 13.0. The first-order chi connectivity index (χ1) is 39.5. The summed E-state index contributed by atoms with van der Waals surface area (Å²) in [5.41, 5.74) is 0. The van der Waals surface area contributed by atoms with Crippen LogP contribution in [0.25, 0.3) is 0 Å². The summed E-state index contributed by atoms with van der Waals surface area (Å²) in [6.07, 6.45) is 94.6. The summed E-state index contributed by atoms with van der Waals surface area (Å²) in [6.45, 7) is 6.45. The SMILES string of the molecule is CC/C=C\C/C=C\C/C=C\C/C=C\C/C=C\C/C=C\C/C=C\C/C=C\CCCCC(=O)OCC(COC(=O)CCCCCCC/C=C\C/C=C\CCCC)OC(=O)CCCCCCCCCCC/C=C\CCCCCCCCCC. The van der Waals surface area contributed by atoms with Crippen molar-refractivity contribution in [3.05, 3.63) is 134 Å². The molecule has 0 fully saturated rings. The lowest BCUT2D eigenvalue weighted by Gasteiger charge is -2.18. The lowest BCUT2D eigenvalue weighted by atomic mass is 10.1. The Balaban J connectivity index is 4.45. The molecular formula is C74H122O6. The molecule has 0 aromatic carbocycles. The molecule has 80 heavy (non-hydrogen) atoms. The Labute approximate surface area is 494 Å². The van der Waals surface area contributed by atoms with E-state index in [4.69, 9.17) is 14.2 Å². The third-order valence-electron chi connectivity index (χ3n) is 13.9. The lowest BCUT2D eigenvalue weighted by molar-refractivity contribution is -0.167. The van der Waals surface area contributed by atoms with Crippen LogP contribution in [0.1, 0.15) is 297 Å². The van der Waals surface area contributed by atoms with Crippen LogP contribution in [0.15, 0.2) is 134 Å². The van der Waals surface area contributed by atoms with E-state index in [1.807, 2.05) is 0 Å². The minimum absolute atomic E-state index is 0.103. The monoisotopic (exact) mass is 1110 g/mol. The van der Waals surface area contributed by atoms with Crippen LogP contribution < -0.4 is 0 Å². The average molecular weight is 1110 g/mol. The second-order valence-corrected chi connectivity index (χ2v) is 21.6. The van der Waals surface area contributed by atoms with Crippen molar-refractivity contribution in [1.29, 1.82) is 0 Å². The number of carbonyl (C=O) groups excluding carboxylic acids is 3. The van der Waals surface area contributed by atoms with Crippen molar-refractivity contribution in [1.82, 2.24) is 0 Å². The molecule has 0 aliphatic carbocycles. The van der Waals surface area contributed by atoms with Crippen LogP contribution in [0.5, 0.6) is 0 Å². The van der Waals surface area contributed by atoms with Gasteiger partial charge in [0.25, 0.3) is 0 Å². The number of ether oxygens (including phenoxy) is 3. The molecule has 0 aliphatic heterocycles. The van der Waals surface area contributed by atoms with Gasteiger partial charge in [0.2, 0.25) is 0 Å². The first-order valence-corrected chi connectivity index (χ1v) is 33.2. The van der Waals surface area contributed by atoms with Gasteiger partial charge in [-0.05, 0) is 135 Å². The smallest absolute Gasteiger partial charge is 0.306 e. The van der Waals surface area contributed by atoms with Gasteiger partial charge in [-0.15, -0.1) is 0 Å². The zero-order chi connectivity index (χ0) is 57.8. The molecule has 0 heterocycles. The van der Waals surface area contributed by atoms with Crippen molar-refractivity contribution in [2.24, 2.45) is 0 Å². The molecule has 1 unspecified atom stereocenters. The summed E-state index contributed by atoms with van der Waals surface area (Å²) in [4.78, 5) is 38.3. The van der Waals surface area contributed by atoms with Crippen LogP contribution in [0.2, 0.25) is 0 Å². The van der Waals surface area contributed by atoms with E-state index in [-0.39, 0.29) is 31.1 Å². The molecule has 0 aromatic heterocycles. The summed E-state index contributed by atoms with van der Waals surface area (Å²) in [7, 11) is 0. The predicted molar refractivity (Wildman–Crippen MR) is 348 cm³/mol. The molecule has 0 bridgehead atoms. The summed E-state index contributed by atoms with van der Waals surface area (Å²) in [5, 5.41) is 0. The summed E-state index contributed by atoms with van der Waals surface area (Å²) in [6, 6.07) is 0. The molecular weight excluding hydrogens is 985 g/mol. The van der Waals surface area contributed by atoms with Crippen LogP contribution in [0.4, 0.5) is 0 Å². The predicted octanol–water partition coefficient (Wildman–Crippen LogP) is 22.9. The van der Waals surface area contributed by atoms with Gasteiger partial charge in [0, 0.05) is 19.3 Å². The van der Waals surface area contributed by atoms with Gasteiger partial charge < -0.3 is 14.2 Å². The van der Waals surface area contributed by atoms with Crippen molar-refractivity contribution in [3.63, 3.8) is 0 Å². The van der Waals surface area contributed by atoms with E-state index in [2.05, 4.69) is 154 Å². The van der Waals surface area contributed by atoms with Gasteiger partial charge in [-0.25, -0.2) is 0 Å². The highest BCUT2D eigenvalue weighted by atomic mass is 16.6. The Morgan fingerprint density at radius 3 is 0.838 bits per heavy atom. The molecule has 0 saturated heterocycles. The highest BCUT2D eigenvalue weighted by Crippen LogP contribution is 2.15. The zero-order valence-corrected chi connectivity index (χ0v) is 52.0. The molecule has 0 saturated carbocycles. The molecule has 0 amide bonds. The number of rotatable bonds is 59. The maximum absolute atomic E-state index is 12.9. The molecule has 0 radical (unpaired) electrons. The molecule has 0 rings (SSSR count). The molecule has 0 aromatic rings. The summed E-state index contributed by atoms with van der Waals surface area (Å²) < 4.78 is 16.9. The van der Waals surface area contributed by atoms with Crippen molar-refractivity contribution < 1.29 is 28.6 Å². The Bertz CT molecular complexity index is 1700. The van der Waals surface area contributed by atoms with Crippen LogP contribution in [0.3, 0.4) is 0 Å². The zero-order valence-electron chi connectivity index (χ0n) is 52.0. The van der Waals surface area contributed by atoms with Crippen LogP contribution >= 0.6 is 0 Å². The Hall–Kier alpha value is -4.45. The number of hydrogen-bond acceptors (Lipinski definition) is 6. The minimum atomic E-state index is -0.809. The molecule has 454 valence electrons. The van der Waals surface area contributed by atoms with Gasteiger partial charge in [0.05, 0.1) is 0 Å². The van der Waals surface area contributed by atoms with Gasteiger partial charge in [-0.3, -0.25) is 14.4 Å². The van der Waals surface area contributed by atoms with E-state index >= 15 is 0 Å². The topological polar surface area (TPSA) is 78.9 Å². The third-order valence-corrected chi connectivity index (χ3v) is 13.9. The van der Waals surface area contributed by atoms with Crippen molar-refractivity contribution in [3.8, 4) is 0 Å². The number of esters is 3. The fraction of sp³-hybridized carbons (Fsp3) is 0.662. The number of carbonyl (C=O) groups is 3. The summed E-state index contributed by atoms with van der Waals surface area (Å²) >= 11 is 0. The van der Waals surface area contributed by atoms with E-state index in [0.29, 0.717) is 25.7 Å². The molecule has 0 N–H and O–H groups in total. The highest BCUT2D eigenvalue weighted by Gasteiger charge is 2.19. The summed E-state index contributed by atoms with van der Waals surface area (Å²) in [5.74, 6) is -0.959. The molecule has 1 atom stereocenters. The number of allylic oxidation sites excluding steroid dienone is 22. The first-order valence-electron chi connectivity index (χ1n) is 33.2. The standard InChI is InChI=1S/C74H122O6/c1-4-7-10-13-16-19-22-25-28-30-32-34-35-36-37-38-39-41-42-44-46-49-52-55-58-61-64-67-73(76)79-70-71(69-78-72(75)66-63-60-57-54-51-48-27-24-21-18-15-12-9-6-3)80-74(77)68-65-62-59-56-53-50-47-45-43-40-33-31-29-26-23-20-17-14-11-8-5-2/h7,10,15-16,18-19,24-25,27-28,31-34,36-37,39,41,44,46,52,55,71H,4-6,8-9,11-14,17,20-23,26,29-30,35,38,40,42-43,45,47-51,53-54,56-70H2,1-3H3/b10-7-,18-15-,19-16-,27-24-,28-25-,33-31-,34-32-,37-36-,41-39-,46-44-,55-52-. The quantitative estimate of drug-likeness (QED) is 0.0261. The minimum Gasteiger partial charge on any atom is -0.462 e. The van der Waals surface area contributed by atoms with Crippen LogP contribution in [-0.2, 0) is 28.6 Å². The van der Waals surface area contributed by atoms with E-state index in [1.165, 1.54) is 122 Å².